The molecule has 0 fully saturated rings. The lowest BCUT2D eigenvalue weighted by Crippen LogP contribution is -2.29. The van der Waals surface area contributed by atoms with E-state index in [0.717, 1.165) is 51.5 Å². The van der Waals surface area contributed by atoms with Crippen LogP contribution in [0.1, 0.15) is 136 Å². The van der Waals surface area contributed by atoms with Crippen molar-refractivity contribution in [2.24, 2.45) is 0 Å². The third-order valence-electron chi connectivity index (χ3n) is 5.93. The van der Waals surface area contributed by atoms with Gasteiger partial charge in [-0.25, -0.2) is 0 Å². The minimum absolute atomic E-state index is 0.0621. The molecule has 0 saturated carbocycles. The zero-order valence-electron chi connectivity index (χ0n) is 20.8. The Hall–Kier alpha value is -1.10. The van der Waals surface area contributed by atoms with Crippen molar-refractivity contribution in [3.05, 3.63) is 0 Å². The maximum absolute atomic E-state index is 12.4. The molecule has 0 spiro atoms. The van der Waals surface area contributed by atoms with Crippen molar-refractivity contribution in [2.75, 3.05) is 6.54 Å². The van der Waals surface area contributed by atoms with Gasteiger partial charge in [-0.2, -0.15) is 0 Å². The largest absolute Gasteiger partial charge is 0.481 e. The maximum Gasteiger partial charge on any atom is 0.306 e. The topological polar surface area (TPSA) is 75.6 Å². The number of aliphatic carboxylic acids is 1. The lowest BCUT2D eigenvalue weighted by Gasteiger charge is -2.19. The van der Waals surface area contributed by atoms with Crippen molar-refractivity contribution in [1.29, 1.82) is 0 Å². The van der Waals surface area contributed by atoms with Gasteiger partial charge in [-0.3, -0.25) is 9.59 Å². The Bertz CT molecular complexity index is 414. The fourth-order valence-electron chi connectivity index (χ4n) is 4.09. The minimum Gasteiger partial charge on any atom is -0.481 e. The Morgan fingerprint density at radius 2 is 1.23 bits per heavy atom. The van der Waals surface area contributed by atoms with E-state index in [-0.39, 0.29) is 24.5 Å². The third kappa shape index (κ3) is 20.6. The van der Waals surface area contributed by atoms with E-state index in [0.29, 0.717) is 12.8 Å². The van der Waals surface area contributed by atoms with Crippen LogP contribution in [-0.4, -0.2) is 35.7 Å². The summed E-state index contributed by atoms with van der Waals surface area (Å²) < 4.78 is 5.88. The van der Waals surface area contributed by atoms with Crippen LogP contribution in [0.2, 0.25) is 0 Å². The molecule has 0 aromatic rings. The summed E-state index contributed by atoms with van der Waals surface area (Å²) in [7, 11) is 0. The van der Waals surface area contributed by atoms with Gasteiger partial charge in [-0.15, -0.1) is 0 Å². The molecule has 5 nitrogen and oxygen atoms in total. The Morgan fingerprint density at radius 3 is 1.71 bits per heavy atom. The molecule has 0 saturated heterocycles. The Balaban J connectivity index is 4.27. The van der Waals surface area contributed by atoms with Gasteiger partial charge >= 0.3 is 11.9 Å². The van der Waals surface area contributed by atoms with Crippen LogP contribution in [0.15, 0.2) is 0 Å². The van der Waals surface area contributed by atoms with Crippen molar-refractivity contribution < 1.29 is 19.4 Å². The highest BCUT2D eigenvalue weighted by atomic mass is 16.5. The molecule has 0 radical (unpaired) electrons. The first-order valence-corrected chi connectivity index (χ1v) is 13.2. The van der Waals surface area contributed by atoms with E-state index in [1.54, 1.807) is 0 Å². The summed E-state index contributed by atoms with van der Waals surface area (Å²) >= 11 is 0. The Morgan fingerprint density at radius 1 is 0.710 bits per heavy atom. The van der Waals surface area contributed by atoms with Gasteiger partial charge in [0.15, 0.2) is 0 Å². The molecule has 0 bridgehead atoms. The van der Waals surface area contributed by atoms with Crippen LogP contribution in [0.4, 0.5) is 0 Å². The molecule has 31 heavy (non-hydrogen) atoms. The average Bonchev–Trinajstić information content (AvgIpc) is 2.73. The number of rotatable bonds is 23. The second-order valence-electron chi connectivity index (χ2n) is 8.95. The molecule has 0 aliphatic carbocycles. The zero-order valence-corrected chi connectivity index (χ0v) is 20.8. The second kappa shape index (κ2) is 22.1. The number of carboxylic acids is 1. The summed E-state index contributed by atoms with van der Waals surface area (Å²) in [4.78, 5) is 23.2. The number of carbonyl (C=O) groups is 2. The molecular formula is C26H51NO4. The van der Waals surface area contributed by atoms with Crippen LogP contribution in [-0.2, 0) is 14.3 Å². The average molecular weight is 442 g/mol. The summed E-state index contributed by atoms with van der Waals surface area (Å²) in [6.45, 7) is 7.38. The number of unbranched alkanes of at least 4 members (excludes halogenated alkanes) is 8. The number of carboxylic acid groups (broad SMARTS) is 1. The second-order valence-corrected chi connectivity index (χ2v) is 8.95. The third-order valence-corrected chi connectivity index (χ3v) is 5.93. The summed E-state index contributed by atoms with van der Waals surface area (Å²) in [6.07, 6.45) is 18.4. The predicted octanol–water partition coefficient (Wildman–Crippen LogP) is 7.02. The van der Waals surface area contributed by atoms with E-state index in [2.05, 4.69) is 26.1 Å². The molecular weight excluding hydrogens is 390 g/mol. The highest BCUT2D eigenvalue weighted by Crippen LogP contribution is 2.18. The monoisotopic (exact) mass is 441 g/mol. The van der Waals surface area contributed by atoms with E-state index in [1.807, 2.05) is 0 Å². The van der Waals surface area contributed by atoms with Crippen LogP contribution in [0.5, 0.6) is 0 Å². The summed E-state index contributed by atoms with van der Waals surface area (Å²) in [6, 6.07) is 0.282. The Kier molecular flexibility index (Phi) is 21.3. The molecule has 1 atom stereocenters. The summed E-state index contributed by atoms with van der Waals surface area (Å²) in [5.74, 6) is -0.804. The van der Waals surface area contributed by atoms with E-state index < -0.39 is 5.97 Å². The number of ether oxygens (including phenoxy) is 1. The minimum atomic E-state index is -0.741. The number of esters is 1. The molecule has 184 valence electrons. The lowest BCUT2D eigenvalue weighted by molar-refractivity contribution is -0.150. The van der Waals surface area contributed by atoms with Crippen molar-refractivity contribution in [3.8, 4) is 0 Å². The smallest absolute Gasteiger partial charge is 0.306 e. The van der Waals surface area contributed by atoms with Gasteiger partial charge in [-0.05, 0) is 57.9 Å². The fourth-order valence-corrected chi connectivity index (χ4v) is 4.09. The van der Waals surface area contributed by atoms with Crippen LogP contribution in [0, 0.1) is 0 Å². The quantitative estimate of drug-likeness (QED) is 0.132. The van der Waals surface area contributed by atoms with Gasteiger partial charge < -0.3 is 15.2 Å². The zero-order chi connectivity index (χ0) is 23.2. The molecule has 5 heteroatoms. The standard InChI is InChI=1S/C26H51NO4/c1-4-7-9-11-13-19-24(20-14-12-10-8-5-2)31-26(30)22-16-18-23(27-6-3)17-15-21-25(28)29/h23-24,27H,4-22H2,1-3H3,(H,28,29). The number of carbonyl (C=O) groups excluding carboxylic acids is 1. The normalized spacial score (nSPS) is 12.3. The van der Waals surface area contributed by atoms with E-state index in [1.165, 1.54) is 51.4 Å². The molecule has 1 unspecified atom stereocenters. The van der Waals surface area contributed by atoms with Gasteiger partial charge in [0, 0.05) is 18.9 Å². The van der Waals surface area contributed by atoms with Gasteiger partial charge in [0.25, 0.3) is 0 Å². The van der Waals surface area contributed by atoms with Crippen molar-refractivity contribution in [1.82, 2.24) is 5.32 Å². The highest BCUT2D eigenvalue weighted by molar-refractivity contribution is 5.69. The van der Waals surface area contributed by atoms with Crippen molar-refractivity contribution in [3.63, 3.8) is 0 Å². The van der Waals surface area contributed by atoms with Crippen LogP contribution in [0.25, 0.3) is 0 Å². The lowest BCUT2D eigenvalue weighted by atomic mass is 10.0. The van der Waals surface area contributed by atoms with Crippen LogP contribution < -0.4 is 5.32 Å². The first kappa shape index (κ1) is 29.9. The van der Waals surface area contributed by atoms with Gasteiger partial charge in [0.2, 0.25) is 0 Å². The number of hydrogen-bond acceptors (Lipinski definition) is 4. The van der Waals surface area contributed by atoms with E-state index in [9.17, 15) is 9.59 Å². The van der Waals surface area contributed by atoms with E-state index >= 15 is 0 Å². The predicted molar refractivity (Wildman–Crippen MR) is 129 cm³/mol. The molecule has 0 aromatic heterocycles. The summed E-state index contributed by atoms with van der Waals surface area (Å²) in [5.41, 5.74) is 0. The molecule has 0 heterocycles. The highest BCUT2D eigenvalue weighted by Gasteiger charge is 2.15. The molecule has 0 aliphatic rings. The van der Waals surface area contributed by atoms with Gasteiger partial charge in [0.05, 0.1) is 0 Å². The Labute approximate surface area is 192 Å². The van der Waals surface area contributed by atoms with Crippen molar-refractivity contribution >= 4 is 11.9 Å². The molecule has 0 aromatic carbocycles. The van der Waals surface area contributed by atoms with Crippen molar-refractivity contribution in [2.45, 2.75) is 148 Å². The van der Waals surface area contributed by atoms with Gasteiger partial charge in [-0.1, -0.05) is 72.1 Å². The molecule has 0 amide bonds. The fraction of sp³-hybridized carbons (Fsp3) is 0.923. The number of hydrogen-bond donors (Lipinski definition) is 2. The van der Waals surface area contributed by atoms with Gasteiger partial charge in [0.1, 0.15) is 6.10 Å². The first-order chi connectivity index (χ1) is 15.0. The first-order valence-electron chi connectivity index (χ1n) is 13.2. The SMILES string of the molecule is CCCCCCCC(CCCCCCC)OC(=O)CCCC(CCCC(=O)O)NCC. The van der Waals surface area contributed by atoms with E-state index in [4.69, 9.17) is 9.84 Å². The van der Waals surface area contributed by atoms with Crippen LogP contribution in [0.3, 0.4) is 0 Å². The van der Waals surface area contributed by atoms with Crippen LogP contribution >= 0.6 is 0 Å². The number of nitrogens with one attached hydrogen (secondary N) is 1. The molecule has 0 aliphatic heterocycles. The maximum atomic E-state index is 12.4. The summed E-state index contributed by atoms with van der Waals surface area (Å²) in [5, 5.41) is 12.2. The molecule has 2 N–H and O–H groups in total. The molecule has 0 rings (SSSR count).